The van der Waals surface area contributed by atoms with Gasteiger partial charge in [-0.05, 0) is 30.7 Å². The SMILES string of the molecule is COc1ccc(C(=O)NCC(C)O)cc1-c1ccccc1. The molecule has 0 aliphatic carbocycles. The minimum absolute atomic E-state index is 0.212. The fourth-order valence-corrected chi connectivity index (χ4v) is 2.03. The molecule has 0 bridgehead atoms. The molecule has 2 aromatic rings. The number of hydrogen-bond donors (Lipinski definition) is 2. The molecule has 1 amide bonds. The van der Waals surface area contributed by atoms with E-state index in [2.05, 4.69) is 5.32 Å². The number of aliphatic hydroxyl groups excluding tert-OH is 1. The Balaban J connectivity index is 2.32. The average Bonchev–Trinajstić information content (AvgIpc) is 2.52. The zero-order valence-electron chi connectivity index (χ0n) is 12.2. The highest BCUT2D eigenvalue weighted by molar-refractivity contribution is 5.96. The van der Waals surface area contributed by atoms with Crippen LogP contribution in [0.2, 0.25) is 0 Å². The molecule has 4 nitrogen and oxygen atoms in total. The summed E-state index contributed by atoms with van der Waals surface area (Å²) in [5, 5.41) is 11.9. The molecule has 1 unspecified atom stereocenters. The number of carbonyl (C=O) groups excluding carboxylic acids is 1. The Kier molecular flexibility index (Phi) is 4.95. The Labute approximate surface area is 124 Å². The van der Waals surface area contributed by atoms with Crippen LogP contribution in [-0.4, -0.2) is 30.8 Å². The van der Waals surface area contributed by atoms with Crippen molar-refractivity contribution in [2.75, 3.05) is 13.7 Å². The first-order chi connectivity index (χ1) is 10.1. The summed E-state index contributed by atoms with van der Waals surface area (Å²) in [6.45, 7) is 1.86. The summed E-state index contributed by atoms with van der Waals surface area (Å²) in [4.78, 5) is 12.1. The van der Waals surface area contributed by atoms with Crippen molar-refractivity contribution in [2.24, 2.45) is 0 Å². The minimum Gasteiger partial charge on any atom is -0.496 e. The van der Waals surface area contributed by atoms with Gasteiger partial charge in [0.2, 0.25) is 0 Å². The van der Waals surface area contributed by atoms with Gasteiger partial charge in [-0.1, -0.05) is 30.3 Å². The van der Waals surface area contributed by atoms with E-state index in [1.165, 1.54) is 0 Å². The summed E-state index contributed by atoms with van der Waals surface area (Å²) in [5.74, 6) is 0.504. The van der Waals surface area contributed by atoms with Crippen LogP contribution in [0, 0.1) is 0 Å². The highest BCUT2D eigenvalue weighted by Gasteiger charge is 2.11. The number of ether oxygens (including phenoxy) is 1. The smallest absolute Gasteiger partial charge is 0.251 e. The Morgan fingerprint density at radius 3 is 2.57 bits per heavy atom. The number of amides is 1. The second-order valence-corrected chi connectivity index (χ2v) is 4.84. The molecular weight excluding hydrogens is 266 g/mol. The van der Waals surface area contributed by atoms with E-state index in [-0.39, 0.29) is 12.5 Å². The number of benzene rings is 2. The predicted octanol–water partition coefficient (Wildman–Crippen LogP) is 2.47. The topological polar surface area (TPSA) is 58.6 Å². The van der Waals surface area contributed by atoms with Gasteiger partial charge in [0.15, 0.2) is 0 Å². The fourth-order valence-electron chi connectivity index (χ4n) is 2.03. The molecule has 0 saturated carbocycles. The van der Waals surface area contributed by atoms with Gasteiger partial charge in [-0.25, -0.2) is 0 Å². The van der Waals surface area contributed by atoms with Crippen molar-refractivity contribution in [2.45, 2.75) is 13.0 Å². The maximum atomic E-state index is 12.1. The van der Waals surface area contributed by atoms with Crippen molar-refractivity contribution in [1.82, 2.24) is 5.32 Å². The van der Waals surface area contributed by atoms with Crippen LogP contribution in [0.1, 0.15) is 17.3 Å². The molecule has 0 radical (unpaired) electrons. The molecule has 0 spiro atoms. The van der Waals surface area contributed by atoms with Gasteiger partial charge >= 0.3 is 0 Å². The molecular formula is C17H19NO3. The molecule has 21 heavy (non-hydrogen) atoms. The lowest BCUT2D eigenvalue weighted by atomic mass is 10.0. The third kappa shape index (κ3) is 3.83. The van der Waals surface area contributed by atoms with E-state index in [9.17, 15) is 9.90 Å². The Hall–Kier alpha value is -2.33. The molecule has 2 rings (SSSR count). The molecule has 0 aliphatic heterocycles. The quantitative estimate of drug-likeness (QED) is 0.887. The van der Waals surface area contributed by atoms with Crippen LogP contribution < -0.4 is 10.1 Å². The predicted molar refractivity (Wildman–Crippen MR) is 82.4 cm³/mol. The molecule has 2 aromatic carbocycles. The normalized spacial score (nSPS) is 11.8. The van der Waals surface area contributed by atoms with Crippen LogP contribution in [0.25, 0.3) is 11.1 Å². The first-order valence-corrected chi connectivity index (χ1v) is 6.81. The number of nitrogens with one attached hydrogen (secondary N) is 1. The summed E-state index contributed by atoms with van der Waals surface area (Å²) in [7, 11) is 1.61. The molecule has 0 aliphatic rings. The molecule has 0 heterocycles. The van der Waals surface area contributed by atoms with Crippen LogP contribution in [-0.2, 0) is 0 Å². The summed E-state index contributed by atoms with van der Waals surface area (Å²) in [6.07, 6.45) is -0.569. The van der Waals surface area contributed by atoms with E-state index in [1.807, 2.05) is 30.3 Å². The number of methoxy groups -OCH3 is 1. The average molecular weight is 285 g/mol. The zero-order valence-corrected chi connectivity index (χ0v) is 12.2. The third-order valence-corrected chi connectivity index (χ3v) is 3.10. The van der Waals surface area contributed by atoms with Crippen molar-refractivity contribution < 1.29 is 14.6 Å². The number of hydrogen-bond acceptors (Lipinski definition) is 3. The van der Waals surface area contributed by atoms with Crippen LogP contribution in [0.5, 0.6) is 5.75 Å². The highest BCUT2D eigenvalue weighted by Crippen LogP contribution is 2.30. The lowest BCUT2D eigenvalue weighted by Crippen LogP contribution is -2.30. The summed E-state index contributed by atoms with van der Waals surface area (Å²) < 4.78 is 5.36. The van der Waals surface area contributed by atoms with Gasteiger partial charge in [0.05, 0.1) is 13.2 Å². The molecule has 2 N–H and O–H groups in total. The van der Waals surface area contributed by atoms with Gasteiger partial charge in [0.25, 0.3) is 5.91 Å². The van der Waals surface area contributed by atoms with Crippen molar-refractivity contribution in [1.29, 1.82) is 0 Å². The van der Waals surface area contributed by atoms with E-state index >= 15 is 0 Å². The number of aliphatic hydroxyl groups is 1. The van der Waals surface area contributed by atoms with Crippen molar-refractivity contribution >= 4 is 5.91 Å². The Morgan fingerprint density at radius 2 is 1.95 bits per heavy atom. The van der Waals surface area contributed by atoms with E-state index in [0.29, 0.717) is 11.3 Å². The van der Waals surface area contributed by atoms with E-state index in [0.717, 1.165) is 11.1 Å². The first kappa shape index (κ1) is 15.1. The van der Waals surface area contributed by atoms with Crippen LogP contribution in [0.3, 0.4) is 0 Å². The Morgan fingerprint density at radius 1 is 1.24 bits per heavy atom. The molecule has 0 fully saturated rings. The standard InChI is InChI=1S/C17H19NO3/c1-12(19)11-18-17(20)14-8-9-16(21-2)15(10-14)13-6-4-3-5-7-13/h3-10,12,19H,11H2,1-2H3,(H,18,20). The van der Waals surface area contributed by atoms with Gasteiger partial charge in [0.1, 0.15) is 5.75 Å². The minimum atomic E-state index is -0.569. The van der Waals surface area contributed by atoms with Gasteiger partial charge in [-0.3, -0.25) is 4.79 Å². The van der Waals surface area contributed by atoms with E-state index < -0.39 is 6.10 Å². The van der Waals surface area contributed by atoms with Crippen LogP contribution in [0.15, 0.2) is 48.5 Å². The summed E-state index contributed by atoms with van der Waals surface area (Å²) in [6, 6.07) is 15.0. The van der Waals surface area contributed by atoms with Gasteiger partial charge in [0, 0.05) is 17.7 Å². The monoisotopic (exact) mass is 285 g/mol. The molecule has 0 saturated heterocycles. The number of rotatable bonds is 5. The lowest BCUT2D eigenvalue weighted by Gasteiger charge is -2.12. The highest BCUT2D eigenvalue weighted by atomic mass is 16.5. The summed E-state index contributed by atoms with van der Waals surface area (Å²) in [5.41, 5.74) is 2.39. The second kappa shape index (κ2) is 6.90. The Bertz CT molecular complexity index is 609. The van der Waals surface area contributed by atoms with Crippen LogP contribution in [0.4, 0.5) is 0 Å². The first-order valence-electron chi connectivity index (χ1n) is 6.81. The second-order valence-electron chi connectivity index (χ2n) is 4.84. The van der Waals surface area contributed by atoms with E-state index in [1.54, 1.807) is 32.2 Å². The largest absolute Gasteiger partial charge is 0.496 e. The van der Waals surface area contributed by atoms with Crippen molar-refractivity contribution in [3.8, 4) is 16.9 Å². The molecule has 0 aromatic heterocycles. The maximum Gasteiger partial charge on any atom is 0.251 e. The third-order valence-electron chi connectivity index (χ3n) is 3.10. The summed E-state index contributed by atoms with van der Waals surface area (Å²) >= 11 is 0. The van der Waals surface area contributed by atoms with Crippen molar-refractivity contribution in [3.63, 3.8) is 0 Å². The van der Waals surface area contributed by atoms with Crippen LogP contribution >= 0.6 is 0 Å². The van der Waals surface area contributed by atoms with E-state index in [4.69, 9.17) is 4.74 Å². The zero-order chi connectivity index (χ0) is 15.2. The molecule has 1 atom stereocenters. The lowest BCUT2D eigenvalue weighted by molar-refractivity contribution is 0.0924. The van der Waals surface area contributed by atoms with Gasteiger partial charge in [-0.2, -0.15) is 0 Å². The molecule has 4 heteroatoms. The maximum absolute atomic E-state index is 12.1. The molecule has 110 valence electrons. The van der Waals surface area contributed by atoms with Crippen molar-refractivity contribution in [3.05, 3.63) is 54.1 Å². The number of carbonyl (C=O) groups is 1. The van der Waals surface area contributed by atoms with Gasteiger partial charge in [-0.15, -0.1) is 0 Å². The fraction of sp³-hybridized carbons (Fsp3) is 0.235. The van der Waals surface area contributed by atoms with Gasteiger partial charge < -0.3 is 15.2 Å².